The van der Waals surface area contributed by atoms with Crippen LogP contribution in [0.1, 0.15) is 26.3 Å². The minimum absolute atomic E-state index is 0.201. The van der Waals surface area contributed by atoms with Crippen molar-refractivity contribution in [2.24, 2.45) is 0 Å². The molecule has 2 rings (SSSR count). The third kappa shape index (κ3) is 4.30. The molecule has 0 spiro atoms. The van der Waals surface area contributed by atoms with Crippen LogP contribution in [0, 0.1) is 5.82 Å². The Morgan fingerprint density at radius 2 is 1.81 bits per heavy atom. The lowest BCUT2D eigenvalue weighted by Crippen LogP contribution is -2.21. The monoisotopic (exact) mass is 287 g/mol. The molecule has 2 nitrogen and oxygen atoms in total. The fourth-order valence-electron chi connectivity index (χ4n) is 2.12. The van der Waals surface area contributed by atoms with Gasteiger partial charge in [0.25, 0.3) is 0 Å². The third-order valence-electron chi connectivity index (χ3n) is 3.22. The first-order chi connectivity index (χ1) is 10.1. The number of hydrogen-bond acceptors (Lipinski definition) is 2. The van der Waals surface area contributed by atoms with Crippen molar-refractivity contribution in [3.63, 3.8) is 0 Å². The van der Waals surface area contributed by atoms with Crippen molar-refractivity contribution in [3.05, 3.63) is 53.8 Å². The van der Waals surface area contributed by atoms with E-state index in [0.29, 0.717) is 18.2 Å². The Bertz CT molecular complexity index is 578. The maximum absolute atomic E-state index is 14.1. The topological polar surface area (TPSA) is 21.3 Å². The molecular formula is C18H22FNO. The molecule has 0 saturated heterocycles. The van der Waals surface area contributed by atoms with E-state index in [1.807, 2.05) is 43.3 Å². The number of halogens is 1. The van der Waals surface area contributed by atoms with E-state index in [0.717, 1.165) is 23.4 Å². The first kappa shape index (κ1) is 15.5. The molecule has 0 amide bonds. The molecule has 0 unspecified atom stereocenters. The molecule has 0 aliphatic rings. The maximum Gasteiger partial charge on any atom is 0.131 e. The molecule has 112 valence electrons. The first-order valence-corrected chi connectivity index (χ1v) is 7.35. The van der Waals surface area contributed by atoms with E-state index in [-0.39, 0.29) is 5.82 Å². The van der Waals surface area contributed by atoms with E-state index >= 15 is 0 Å². The number of benzene rings is 2. The normalized spacial score (nSPS) is 10.9. The summed E-state index contributed by atoms with van der Waals surface area (Å²) in [5, 5.41) is 3.34. The Labute approximate surface area is 126 Å². The summed E-state index contributed by atoms with van der Waals surface area (Å²) in [6.45, 7) is 7.50. The van der Waals surface area contributed by atoms with E-state index in [1.54, 1.807) is 0 Å². The molecule has 1 N–H and O–H groups in total. The molecule has 0 heterocycles. The summed E-state index contributed by atoms with van der Waals surface area (Å²) in [5.74, 6) is 0.603. The Morgan fingerprint density at radius 1 is 1.10 bits per heavy atom. The second kappa shape index (κ2) is 7.23. The summed E-state index contributed by atoms with van der Waals surface area (Å²) in [5.41, 5.74) is 2.57. The first-order valence-electron chi connectivity index (χ1n) is 7.35. The average Bonchev–Trinajstić information content (AvgIpc) is 2.47. The van der Waals surface area contributed by atoms with Crippen molar-refractivity contribution in [3.8, 4) is 16.9 Å². The molecule has 0 saturated carbocycles. The lowest BCUT2D eigenvalue weighted by Gasteiger charge is -2.11. The fraction of sp³-hybridized carbons (Fsp3) is 0.333. The second-order valence-electron chi connectivity index (χ2n) is 5.31. The number of ether oxygens (including phenoxy) is 1. The van der Waals surface area contributed by atoms with Gasteiger partial charge in [-0.05, 0) is 42.3 Å². The van der Waals surface area contributed by atoms with Gasteiger partial charge in [0.15, 0.2) is 0 Å². The standard InChI is InChI=1S/C18H22FNO/c1-4-21-16-8-6-15(7-9-16)17-11-14(5-10-18(17)19)12-20-13(2)3/h5-11,13,20H,4,12H2,1-3H3. The highest BCUT2D eigenvalue weighted by Crippen LogP contribution is 2.26. The maximum atomic E-state index is 14.1. The van der Waals surface area contributed by atoms with Crippen LogP contribution in [0.25, 0.3) is 11.1 Å². The molecule has 0 atom stereocenters. The Hall–Kier alpha value is -1.87. The van der Waals surface area contributed by atoms with Gasteiger partial charge in [0.1, 0.15) is 11.6 Å². The highest BCUT2D eigenvalue weighted by atomic mass is 19.1. The molecule has 21 heavy (non-hydrogen) atoms. The van der Waals surface area contributed by atoms with Crippen LogP contribution in [-0.2, 0) is 6.54 Å². The highest BCUT2D eigenvalue weighted by Gasteiger charge is 2.07. The number of nitrogens with one attached hydrogen (secondary N) is 1. The zero-order valence-electron chi connectivity index (χ0n) is 12.8. The zero-order valence-corrected chi connectivity index (χ0v) is 12.8. The van der Waals surface area contributed by atoms with Crippen molar-refractivity contribution in [1.29, 1.82) is 0 Å². The SMILES string of the molecule is CCOc1ccc(-c2cc(CNC(C)C)ccc2F)cc1. The van der Waals surface area contributed by atoms with Crippen molar-refractivity contribution in [1.82, 2.24) is 5.32 Å². The number of rotatable bonds is 6. The van der Waals surface area contributed by atoms with Gasteiger partial charge in [-0.3, -0.25) is 0 Å². The van der Waals surface area contributed by atoms with Gasteiger partial charge in [-0.25, -0.2) is 4.39 Å². The van der Waals surface area contributed by atoms with Gasteiger partial charge in [-0.15, -0.1) is 0 Å². The van der Waals surface area contributed by atoms with Gasteiger partial charge in [0.05, 0.1) is 6.61 Å². The minimum atomic E-state index is -0.201. The summed E-state index contributed by atoms with van der Waals surface area (Å²) in [6.07, 6.45) is 0. The van der Waals surface area contributed by atoms with Crippen molar-refractivity contribution in [2.45, 2.75) is 33.4 Å². The Balaban J connectivity index is 2.23. The van der Waals surface area contributed by atoms with Gasteiger partial charge < -0.3 is 10.1 Å². The summed E-state index contributed by atoms with van der Waals surface area (Å²) >= 11 is 0. The van der Waals surface area contributed by atoms with Gasteiger partial charge in [0, 0.05) is 18.2 Å². The Kier molecular flexibility index (Phi) is 5.34. The minimum Gasteiger partial charge on any atom is -0.494 e. The van der Waals surface area contributed by atoms with Gasteiger partial charge in [0.2, 0.25) is 0 Å². The van der Waals surface area contributed by atoms with Gasteiger partial charge in [-0.1, -0.05) is 32.0 Å². The van der Waals surface area contributed by atoms with E-state index < -0.39 is 0 Å². The quantitative estimate of drug-likeness (QED) is 0.850. The van der Waals surface area contributed by atoms with Crippen LogP contribution in [0.4, 0.5) is 4.39 Å². The predicted molar refractivity (Wildman–Crippen MR) is 85.0 cm³/mol. The molecule has 0 aliphatic carbocycles. The smallest absolute Gasteiger partial charge is 0.131 e. The molecule has 3 heteroatoms. The van der Waals surface area contributed by atoms with Crippen molar-refractivity contribution in [2.75, 3.05) is 6.61 Å². The summed E-state index contributed by atoms with van der Waals surface area (Å²) in [4.78, 5) is 0. The van der Waals surface area contributed by atoms with Crippen LogP contribution in [0.2, 0.25) is 0 Å². The molecule has 2 aromatic carbocycles. The molecular weight excluding hydrogens is 265 g/mol. The lowest BCUT2D eigenvalue weighted by atomic mass is 10.0. The second-order valence-corrected chi connectivity index (χ2v) is 5.31. The molecule has 2 aromatic rings. The van der Waals surface area contributed by atoms with Crippen molar-refractivity contribution < 1.29 is 9.13 Å². The molecule has 0 aliphatic heterocycles. The van der Waals surface area contributed by atoms with Crippen LogP contribution in [-0.4, -0.2) is 12.6 Å². The zero-order chi connectivity index (χ0) is 15.2. The molecule has 0 bridgehead atoms. The van der Waals surface area contributed by atoms with E-state index in [2.05, 4.69) is 19.2 Å². The van der Waals surface area contributed by atoms with Gasteiger partial charge >= 0.3 is 0 Å². The predicted octanol–water partition coefficient (Wildman–Crippen LogP) is 4.39. The van der Waals surface area contributed by atoms with E-state index in [1.165, 1.54) is 6.07 Å². The lowest BCUT2D eigenvalue weighted by molar-refractivity contribution is 0.340. The van der Waals surface area contributed by atoms with E-state index in [9.17, 15) is 4.39 Å². The largest absolute Gasteiger partial charge is 0.494 e. The van der Waals surface area contributed by atoms with Crippen molar-refractivity contribution >= 4 is 0 Å². The molecule has 0 radical (unpaired) electrons. The van der Waals surface area contributed by atoms with Crippen LogP contribution in [0.15, 0.2) is 42.5 Å². The summed E-state index contributed by atoms with van der Waals surface area (Å²) < 4.78 is 19.5. The van der Waals surface area contributed by atoms with Crippen LogP contribution < -0.4 is 10.1 Å². The molecule has 0 aromatic heterocycles. The van der Waals surface area contributed by atoms with Crippen LogP contribution in [0.5, 0.6) is 5.75 Å². The average molecular weight is 287 g/mol. The van der Waals surface area contributed by atoms with Crippen LogP contribution >= 0.6 is 0 Å². The summed E-state index contributed by atoms with van der Waals surface area (Å²) in [6, 6.07) is 13.2. The highest BCUT2D eigenvalue weighted by molar-refractivity contribution is 5.65. The molecule has 0 fully saturated rings. The fourth-order valence-corrected chi connectivity index (χ4v) is 2.12. The van der Waals surface area contributed by atoms with Gasteiger partial charge in [-0.2, -0.15) is 0 Å². The Morgan fingerprint density at radius 3 is 2.43 bits per heavy atom. The number of hydrogen-bond donors (Lipinski definition) is 1. The summed E-state index contributed by atoms with van der Waals surface area (Å²) in [7, 11) is 0. The van der Waals surface area contributed by atoms with Crippen LogP contribution in [0.3, 0.4) is 0 Å². The van der Waals surface area contributed by atoms with E-state index in [4.69, 9.17) is 4.74 Å². The third-order valence-corrected chi connectivity index (χ3v) is 3.22.